The minimum atomic E-state index is -1.12. The van der Waals surface area contributed by atoms with Crippen LogP contribution in [0.25, 0.3) is 0 Å². The van der Waals surface area contributed by atoms with E-state index in [-0.39, 0.29) is 5.91 Å². The molecule has 19 heavy (non-hydrogen) atoms. The molecule has 2 rings (SSSR count). The Balaban J connectivity index is 1.89. The minimum Gasteiger partial charge on any atom is -0.478 e. The maximum atomic E-state index is 11.7. The zero-order valence-electron chi connectivity index (χ0n) is 10.3. The van der Waals surface area contributed by atoms with Gasteiger partial charge in [0.2, 0.25) is 11.9 Å². The number of piperazine rings is 1. The summed E-state index contributed by atoms with van der Waals surface area (Å²) >= 11 is 0. The average Bonchev–Trinajstić information content (AvgIpc) is 2.46. The Morgan fingerprint density at radius 3 is 2.32 bits per heavy atom. The lowest BCUT2D eigenvalue weighted by molar-refractivity contribution is -0.132. The van der Waals surface area contributed by atoms with Crippen molar-refractivity contribution in [3.8, 4) is 0 Å². The molecule has 1 aliphatic rings. The first-order valence-corrected chi connectivity index (χ1v) is 5.88. The van der Waals surface area contributed by atoms with Gasteiger partial charge in [0.05, 0.1) is 0 Å². The smallest absolute Gasteiger partial charge is 0.328 e. The Labute approximate surface area is 110 Å². The SMILES string of the molecule is O=C(O)C=CC(=O)N1CCN(c2ncccn2)CC1. The largest absolute Gasteiger partial charge is 0.478 e. The van der Waals surface area contributed by atoms with Crippen LogP contribution in [0.1, 0.15) is 0 Å². The molecule has 0 aliphatic carbocycles. The molecule has 1 aliphatic heterocycles. The van der Waals surface area contributed by atoms with Crippen LogP contribution in [0.15, 0.2) is 30.6 Å². The molecule has 0 saturated carbocycles. The van der Waals surface area contributed by atoms with E-state index < -0.39 is 5.97 Å². The fourth-order valence-electron chi connectivity index (χ4n) is 1.83. The number of carboxylic acid groups (broad SMARTS) is 1. The number of carboxylic acids is 1. The van der Waals surface area contributed by atoms with E-state index >= 15 is 0 Å². The van der Waals surface area contributed by atoms with E-state index in [0.717, 1.165) is 12.2 Å². The molecule has 0 aromatic carbocycles. The Bertz CT molecular complexity index is 481. The molecule has 2 heterocycles. The summed E-state index contributed by atoms with van der Waals surface area (Å²) < 4.78 is 0. The topological polar surface area (TPSA) is 86.6 Å². The zero-order valence-corrected chi connectivity index (χ0v) is 10.3. The van der Waals surface area contributed by atoms with Crippen LogP contribution >= 0.6 is 0 Å². The van der Waals surface area contributed by atoms with Crippen LogP contribution in [0.3, 0.4) is 0 Å². The normalized spacial score (nSPS) is 15.8. The van der Waals surface area contributed by atoms with Gasteiger partial charge in [0, 0.05) is 50.7 Å². The third-order valence-electron chi connectivity index (χ3n) is 2.79. The fourth-order valence-corrected chi connectivity index (χ4v) is 1.83. The molecule has 7 nitrogen and oxygen atoms in total. The molecule has 1 fully saturated rings. The van der Waals surface area contributed by atoms with Crippen LogP contribution in [-0.2, 0) is 9.59 Å². The van der Waals surface area contributed by atoms with E-state index in [1.807, 2.05) is 4.90 Å². The molecule has 0 bridgehead atoms. The molecule has 1 aromatic heterocycles. The van der Waals surface area contributed by atoms with Gasteiger partial charge in [-0.3, -0.25) is 4.79 Å². The van der Waals surface area contributed by atoms with Gasteiger partial charge in [0.1, 0.15) is 0 Å². The average molecular weight is 262 g/mol. The van der Waals surface area contributed by atoms with Gasteiger partial charge in [-0.15, -0.1) is 0 Å². The minimum absolute atomic E-state index is 0.281. The van der Waals surface area contributed by atoms with Gasteiger partial charge in [-0.05, 0) is 6.07 Å². The summed E-state index contributed by atoms with van der Waals surface area (Å²) in [5.74, 6) is -0.753. The molecule has 1 aromatic rings. The van der Waals surface area contributed by atoms with E-state index in [1.54, 1.807) is 23.4 Å². The summed E-state index contributed by atoms with van der Waals surface area (Å²) in [7, 11) is 0. The first kappa shape index (κ1) is 13.0. The highest BCUT2D eigenvalue weighted by Crippen LogP contribution is 2.09. The molecule has 1 N–H and O–H groups in total. The van der Waals surface area contributed by atoms with E-state index in [9.17, 15) is 9.59 Å². The molecule has 100 valence electrons. The van der Waals surface area contributed by atoms with Crippen molar-refractivity contribution < 1.29 is 14.7 Å². The maximum Gasteiger partial charge on any atom is 0.328 e. The highest BCUT2D eigenvalue weighted by Gasteiger charge is 2.20. The zero-order chi connectivity index (χ0) is 13.7. The lowest BCUT2D eigenvalue weighted by Gasteiger charge is -2.34. The first-order valence-electron chi connectivity index (χ1n) is 5.88. The highest BCUT2D eigenvalue weighted by atomic mass is 16.4. The van der Waals surface area contributed by atoms with Gasteiger partial charge in [0.15, 0.2) is 0 Å². The van der Waals surface area contributed by atoms with Gasteiger partial charge < -0.3 is 14.9 Å². The Morgan fingerprint density at radius 2 is 1.74 bits per heavy atom. The van der Waals surface area contributed by atoms with Gasteiger partial charge in [-0.2, -0.15) is 0 Å². The number of carbonyl (C=O) groups excluding carboxylic acids is 1. The van der Waals surface area contributed by atoms with E-state index in [2.05, 4.69) is 9.97 Å². The van der Waals surface area contributed by atoms with Gasteiger partial charge in [0.25, 0.3) is 0 Å². The second kappa shape index (κ2) is 5.94. The second-order valence-electron chi connectivity index (χ2n) is 4.03. The van der Waals surface area contributed by atoms with Crippen molar-refractivity contribution in [2.75, 3.05) is 31.1 Å². The van der Waals surface area contributed by atoms with E-state index in [0.29, 0.717) is 32.1 Å². The van der Waals surface area contributed by atoms with Gasteiger partial charge in [-0.25, -0.2) is 14.8 Å². The van der Waals surface area contributed by atoms with Crippen molar-refractivity contribution in [1.82, 2.24) is 14.9 Å². The predicted molar refractivity (Wildman–Crippen MR) is 67.6 cm³/mol. The number of hydrogen-bond acceptors (Lipinski definition) is 5. The van der Waals surface area contributed by atoms with Crippen molar-refractivity contribution in [3.63, 3.8) is 0 Å². The van der Waals surface area contributed by atoms with Crippen LogP contribution in [-0.4, -0.2) is 58.0 Å². The molecule has 1 amide bonds. The molecule has 0 unspecified atom stereocenters. The Morgan fingerprint density at radius 1 is 1.11 bits per heavy atom. The van der Waals surface area contributed by atoms with Crippen LogP contribution in [0.2, 0.25) is 0 Å². The number of aliphatic carboxylic acids is 1. The number of anilines is 1. The molecular weight excluding hydrogens is 248 g/mol. The standard InChI is InChI=1S/C12H14N4O3/c17-10(2-3-11(18)19)15-6-8-16(9-7-15)12-13-4-1-5-14-12/h1-5H,6-9H2,(H,18,19). The third-order valence-corrected chi connectivity index (χ3v) is 2.79. The lowest BCUT2D eigenvalue weighted by atomic mass is 10.3. The molecule has 1 saturated heterocycles. The molecule has 7 heteroatoms. The van der Waals surface area contributed by atoms with Crippen LogP contribution in [0.4, 0.5) is 5.95 Å². The summed E-state index contributed by atoms with van der Waals surface area (Å²) in [6.45, 7) is 2.33. The van der Waals surface area contributed by atoms with Crippen molar-refractivity contribution in [1.29, 1.82) is 0 Å². The monoisotopic (exact) mass is 262 g/mol. The second-order valence-corrected chi connectivity index (χ2v) is 4.03. The maximum absolute atomic E-state index is 11.7. The fraction of sp³-hybridized carbons (Fsp3) is 0.333. The number of amides is 1. The van der Waals surface area contributed by atoms with Crippen molar-refractivity contribution >= 4 is 17.8 Å². The summed E-state index contributed by atoms with van der Waals surface area (Å²) in [4.78, 5) is 33.9. The summed E-state index contributed by atoms with van der Waals surface area (Å²) in [6, 6.07) is 1.75. The van der Waals surface area contributed by atoms with Crippen LogP contribution in [0, 0.1) is 0 Å². The van der Waals surface area contributed by atoms with Gasteiger partial charge in [-0.1, -0.05) is 0 Å². The molecular formula is C12H14N4O3. The van der Waals surface area contributed by atoms with E-state index in [4.69, 9.17) is 5.11 Å². The number of rotatable bonds is 3. The molecule has 0 spiro atoms. The predicted octanol–water partition coefficient (Wildman–Crippen LogP) is -0.234. The van der Waals surface area contributed by atoms with Crippen molar-refractivity contribution in [2.24, 2.45) is 0 Å². The lowest BCUT2D eigenvalue weighted by Crippen LogP contribution is -2.48. The Hall–Kier alpha value is -2.44. The van der Waals surface area contributed by atoms with E-state index in [1.165, 1.54) is 0 Å². The summed E-state index contributed by atoms with van der Waals surface area (Å²) in [5, 5.41) is 8.47. The summed E-state index contributed by atoms with van der Waals surface area (Å²) in [6.07, 6.45) is 5.29. The number of carbonyl (C=O) groups is 2. The van der Waals surface area contributed by atoms with Gasteiger partial charge >= 0.3 is 5.97 Å². The first-order chi connectivity index (χ1) is 9.16. The third kappa shape index (κ3) is 3.51. The van der Waals surface area contributed by atoms with Crippen molar-refractivity contribution in [3.05, 3.63) is 30.6 Å². The van der Waals surface area contributed by atoms with Crippen LogP contribution in [0.5, 0.6) is 0 Å². The molecule has 0 radical (unpaired) electrons. The Kier molecular flexibility index (Phi) is 4.07. The number of hydrogen-bond donors (Lipinski definition) is 1. The van der Waals surface area contributed by atoms with Crippen LogP contribution < -0.4 is 4.90 Å². The van der Waals surface area contributed by atoms with Crippen molar-refractivity contribution in [2.45, 2.75) is 0 Å². The highest BCUT2D eigenvalue weighted by molar-refractivity contribution is 5.94. The molecule has 0 atom stereocenters. The number of nitrogens with zero attached hydrogens (tertiary/aromatic N) is 4. The summed E-state index contributed by atoms with van der Waals surface area (Å²) in [5.41, 5.74) is 0. The number of aromatic nitrogens is 2. The quantitative estimate of drug-likeness (QED) is 0.757.